The molecule has 1 aliphatic rings. The van der Waals surface area contributed by atoms with Gasteiger partial charge in [-0.3, -0.25) is 19.7 Å². The fraction of sp³-hybridized carbons (Fsp3) is 0.538. The Labute approximate surface area is 106 Å². The molecule has 5 heteroatoms. The summed E-state index contributed by atoms with van der Waals surface area (Å²) in [5.41, 5.74) is 2.71. The summed E-state index contributed by atoms with van der Waals surface area (Å²) in [5.74, 6) is -1.69. The average Bonchev–Trinajstić information content (AvgIpc) is 2.96. The van der Waals surface area contributed by atoms with Gasteiger partial charge in [-0.2, -0.15) is 0 Å². The first-order valence-electron chi connectivity index (χ1n) is 6.28. The van der Waals surface area contributed by atoms with Gasteiger partial charge in [0, 0.05) is 12.4 Å². The van der Waals surface area contributed by atoms with Crippen LogP contribution in [0.25, 0.3) is 0 Å². The largest absolute Gasteiger partial charge is 0.481 e. The van der Waals surface area contributed by atoms with Crippen LogP contribution in [0.3, 0.4) is 0 Å². The summed E-state index contributed by atoms with van der Waals surface area (Å²) in [7, 11) is 0. The minimum atomic E-state index is -0.862. The molecule has 3 atom stereocenters. The molecule has 1 heterocycles. The molecule has 1 aromatic heterocycles. The minimum absolute atomic E-state index is 0.199. The lowest BCUT2D eigenvalue weighted by atomic mass is 9.96. The number of aromatic nitrogens is 1. The quantitative estimate of drug-likeness (QED) is 0.854. The minimum Gasteiger partial charge on any atom is -0.481 e. The van der Waals surface area contributed by atoms with Crippen LogP contribution in [0.4, 0.5) is 0 Å². The van der Waals surface area contributed by atoms with Crippen molar-refractivity contribution < 1.29 is 14.7 Å². The zero-order valence-electron chi connectivity index (χ0n) is 10.4. The summed E-state index contributed by atoms with van der Waals surface area (Å²) in [5, 5.41) is 9.19. The molecule has 0 spiro atoms. The van der Waals surface area contributed by atoms with Crippen molar-refractivity contribution in [1.82, 2.24) is 4.68 Å². The van der Waals surface area contributed by atoms with Gasteiger partial charge >= 0.3 is 5.97 Å². The number of aliphatic carboxylic acids is 1. The Bertz CT molecular complexity index is 427. The summed E-state index contributed by atoms with van der Waals surface area (Å²) in [4.78, 5) is 23.3. The van der Waals surface area contributed by atoms with Gasteiger partial charge in [0.1, 0.15) is 0 Å². The number of rotatable bonds is 4. The third-order valence-electron chi connectivity index (χ3n) is 3.74. The van der Waals surface area contributed by atoms with Crippen LogP contribution in [0.2, 0.25) is 0 Å². The Hall–Kier alpha value is -1.78. The maximum atomic E-state index is 12.1. The van der Waals surface area contributed by atoms with E-state index in [-0.39, 0.29) is 5.91 Å². The second kappa shape index (κ2) is 5.25. The highest BCUT2D eigenvalue weighted by Crippen LogP contribution is 2.38. The molecule has 0 bridgehead atoms. The van der Waals surface area contributed by atoms with E-state index in [1.54, 1.807) is 29.2 Å². The summed E-state index contributed by atoms with van der Waals surface area (Å²) in [6, 6.07) is 3.61. The van der Waals surface area contributed by atoms with Gasteiger partial charge in [-0.25, -0.2) is 0 Å². The SMILES string of the molecule is CCC1C[C@H](C(=O)Nn2cccc2)[C@H](C(=O)O)C1. The van der Waals surface area contributed by atoms with E-state index in [0.717, 1.165) is 6.42 Å². The third-order valence-corrected chi connectivity index (χ3v) is 3.74. The highest BCUT2D eigenvalue weighted by molar-refractivity contribution is 5.90. The number of amides is 1. The molecule has 1 aromatic rings. The number of hydrogen-bond donors (Lipinski definition) is 2. The number of nitrogens with zero attached hydrogens (tertiary/aromatic N) is 1. The Morgan fingerprint density at radius 3 is 2.44 bits per heavy atom. The first-order valence-corrected chi connectivity index (χ1v) is 6.28. The summed E-state index contributed by atoms with van der Waals surface area (Å²) < 4.78 is 1.56. The predicted molar refractivity (Wildman–Crippen MR) is 66.4 cm³/mol. The molecule has 1 amide bonds. The van der Waals surface area contributed by atoms with Gasteiger partial charge in [0.2, 0.25) is 5.91 Å². The average molecular weight is 250 g/mol. The molecule has 5 nitrogen and oxygen atoms in total. The van der Waals surface area contributed by atoms with E-state index < -0.39 is 17.8 Å². The Morgan fingerprint density at radius 2 is 1.89 bits per heavy atom. The summed E-state index contributed by atoms with van der Waals surface area (Å²) in [6.07, 6.45) is 5.65. The topological polar surface area (TPSA) is 71.3 Å². The Balaban J connectivity index is 2.05. The molecule has 98 valence electrons. The van der Waals surface area contributed by atoms with Crippen LogP contribution >= 0.6 is 0 Å². The number of nitrogens with one attached hydrogen (secondary N) is 1. The molecule has 1 saturated carbocycles. The lowest BCUT2D eigenvalue weighted by molar-refractivity contribution is -0.145. The molecule has 1 fully saturated rings. The maximum Gasteiger partial charge on any atom is 0.307 e. The van der Waals surface area contributed by atoms with Crippen molar-refractivity contribution in [1.29, 1.82) is 0 Å². The molecule has 1 aliphatic carbocycles. The second-order valence-corrected chi connectivity index (χ2v) is 4.86. The molecule has 0 aromatic carbocycles. The predicted octanol–water partition coefficient (Wildman–Crippen LogP) is 1.70. The van der Waals surface area contributed by atoms with Gasteiger partial charge in [-0.05, 0) is 30.9 Å². The van der Waals surface area contributed by atoms with Crippen LogP contribution in [0, 0.1) is 17.8 Å². The third kappa shape index (κ3) is 2.55. The van der Waals surface area contributed by atoms with Crippen molar-refractivity contribution in [2.45, 2.75) is 26.2 Å². The lowest BCUT2D eigenvalue weighted by Gasteiger charge is -2.15. The van der Waals surface area contributed by atoms with Gasteiger partial charge in [0.05, 0.1) is 11.8 Å². The highest BCUT2D eigenvalue weighted by atomic mass is 16.4. The fourth-order valence-corrected chi connectivity index (χ4v) is 2.66. The standard InChI is InChI=1S/C13H18N2O3/c1-2-9-7-10(11(8-9)13(17)18)12(16)14-15-5-3-4-6-15/h3-6,9-11H,2,7-8H2,1H3,(H,14,16)(H,17,18)/t9?,10-,11+/m0/s1. The van der Waals surface area contributed by atoms with Crippen LogP contribution in [-0.4, -0.2) is 21.7 Å². The van der Waals surface area contributed by atoms with Crippen molar-refractivity contribution in [3.05, 3.63) is 24.5 Å². The molecule has 0 saturated heterocycles. The van der Waals surface area contributed by atoms with Crippen LogP contribution in [0.5, 0.6) is 0 Å². The van der Waals surface area contributed by atoms with Gasteiger partial charge in [-0.15, -0.1) is 0 Å². The van der Waals surface area contributed by atoms with E-state index in [2.05, 4.69) is 5.43 Å². The monoisotopic (exact) mass is 250 g/mol. The molecule has 0 aliphatic heterocycles. The van der Waals surface area contributed by atoms with E-state index >= 15 is 0 Å². The first-order chi connectivity index (χ1) is 8.61. The number of carbonyl (C=O) groups is 2. The van der Waals surface area contributed by atoms with Gasteiger partial charge in [-0.1, -0.05) is 13.3 Å². The smallest absolute Gasteiger partial charge is 0.307 e. The van der Waals surface area contributed by atoms with Gasteiger partial charge in [0.25, 0.3) is 0 Å². The molecule has 0 radical (unpaired) electrons. The number of carbonyl (C=O) groups excluding carboxylic acids is 1. The van der Waals surface area contributed by atoms with Crippen molar-refractivity contribution in [2.24, 2.45) is 17.8 Å². The zero-order chi connectivity index (χ0) is 13.1. The van der Waals surface area contributed by atoms with Crippen molar-refractivity contribution in [3.63, 3.8) is 0 Å². The van der Waals surface area contributed by atoms with E-state index in [1.807, 2.05) is 6.92 Å². The van der Waals surface area contributed by atoms with Crippen LogP contribution in [0.15, 0.2) is 24.5 Å². The van der Waals surface area contributed by atoms with Crippen molar-refractivity contribution in [3.8, 4) is 0 Å². The Morgan fingerprint density at radius 1 is 1.28 bits per heavy atom. The molecule has 18 heavy (non-hydrogen) atoms. The van der Waals surface area contributed by atoms with E-state index in [4.69, 9.17) is 0 Å². The van der Waals surface area contributed by atoms with Crippen LogP contribution < -0.4 is 5.43 Å². The molecule has 2 N–H and O–H groups in total. The number of hydrogen-bond acceptors (Lipinski definition) is 2. The number of carboxylic acid groups (broad SMARTS) is 1. The molecular formula is C13H18N2O3. The van der Waals surface area contributed by atoms with E-state index in [0.29, 0.717) is 18.8 Å². The van der Waals surface area contributed by atoms with Gasteiger partial charge in [0.15, 0.2) is 0 Å². The molecule has 1 unspecified atom stereocenters. The van der Waals surface area contributed by atoms with Crippen LogP contribution in [-0.2, 0) is 9.59 Å². The summed E-state index contributed by atoms with van der Waals surface area (Å²) in [6.45, 7) is 2.04. The Kier molecular flexibility index (Phi) is 3.69. The zero-order valence-corrected chi connectivity index (χ0v) is 10.4. The normalized spacial score (nSPS) is 27.1. The molecular weight excluding hydrogens is 232 g/mol. The van der Waals surface area contributed by atoms with Gasteiger partial charge < -0.3 is 5.11 Å². The number of carboxylic acids is 1. The second-order valence-electron chi connectivity index (χ2n) is 4.86. The van der Waals surface area contributed by atoms with Crippen molar-refractivity contribution >= 4 is 11.9 Å². The maximum absolute atomic E-state index is 12.1. The van der Waals surface area contributed by atoms with Crippen LogP contribution in [0.1, 0.15) is 26.2 Å². The first kappa shape index (κ1) is 12.7. The highest BCUT2D eigenvalue weighted by Gasteiger charge is 2.42. The fourth-order valence-electron chi connectivity index (χ4n) is 2.66. The molecule has 2 rings (SSSR count). The van der Waals surface area contributed by atoms with E-state index in [9.17, 15) is 14.7 Å². The summed E-state index contributed by atoms with van der Waals surface area (Å²) >= 11 is 0. The lowest BCUT2D eigenvalue weighted by Crippen LogP contribution is -2.33. The van der Waals surface area contributed by atoms with Crippen molar-refractivity contribution in [2.75, 3.05) is 5.43 Å². The van der Waals surface area contributed by atoms with E-state index in [1.165, 1.54) is 0 Å².